The minimum Gasteiger partial charge on any atom is -0.481 e. The van der Waals surface area contributed by atoms with Crippen molar-refractivity contribution in [3.05, 3.63) is 0 Å². The topological polar surface area (TPSA) is 37.3 Å². The van der Waals surface area contributed by atoms with Crippen LogP contribution in [0.5, 0.6) is 0 Å². The van der Waals surface area contributed by atoms with Crippen LogP contribution in [0.4, 0.5) is 4.39 Å². The molecule has 3 heteroatoms. The molecule has 1 atom stereocenters. The molecule has 0 saturated heterocycles. The maximum Gasteiger partial charge on any atom is 0.303 e. The number of carboxylic acid groups (broad SMARTS) is 1. The molecule has 0 aromatic carbocycles. The van der Waals surface area contributed by atoms with Crippen LogP contribution in [-0.2, 0) is 4.79 Å². The van der Waals surface area contributed by atoms with E-state index in [9.17, 15) is 9.18 Å². The number of aliphatic carboxylic acids is 1. The third-order valence-electron chi connectivity index (χ3n) is 3.53. The molecule has 0 heterocycles. The fourth-order valence-corrected chi connectivity index (χ4v) is 2.29. The quantitative estimate of drug-likeness (QED) is 0.424. The van der Waals surface area contributed by atoms with Gasteiger partial charge in [-0.25, -0.2) is 4.39 Å². The molecule has 0 aliphatic heterocycles. The van der Waals surface area contributed by atoms with Gasteiger partial charge in [-0.3, -0.25) is 4.79 Å². The van der Waals surface area contributed by atoms with E-state index < -0.39 is 12.1 Å². The van der Waals surface area contributed by atoms with Crippen LogP contribution in [-0.4, -0.2) is 17.2 Å². The summed E-state index contributed by atoms with van der Waals surface area (Å²) in [6.07, 6.45) is 11.8. The Bertz CT molecular complexity index is 207. The summed E-state index contributed by atoms with van der Waals surface area (Å²) in [4.78, 5) is 10.3. The van der Waals surface area contributed by atoms with Crippen molar-refractivity contribution in [2.45, 2.75) is 96.6 Å². The standard InChI is InChI=1S/C16H31FO2/c1-2-3-4-5-6-7-9-12-15(17)13-10-8-11-14-16(18)19/h15H,2-14H2,1H3,(H,18,19)/i17-1. The van der Waals surface area contributed by atoms with Gasteiger partial charge in [0, 0.05) is 6.42 Å². The number of halogens is 1. The number of unbranched alkanes of at least 4 members (excludes halogenated alkanes) is 8. The van der Waals surface area contributed by atoms with Crippen LogP contribution in [0.15, 0.2) is 0 Å². The molecular formula is C16H31FO2. The molecule has 0 radical (unpaired) electrons. The third-order valence-corrected chi connectivity index (χ3v) is 3.53. The number of hydrogen-bond acceptors (Lipinski definition) is 1. The van der Waals surface area contributed by atoms with Gasteiger partial charge < -0.3 is 5.11 Å². The number of carboxylic acids is 1. The highest BCUT2D eigenvalue weighted by Gasteiger charge is 2.06. The highest BCUT2D eigenvalue weighted by Crippen LogP contribution is 2.15. The van der Waals surface area contributed by atoms with Gasteiger partial charge in [0.1, 0.15) is 6.17 Å². The van der Waals surface area contributed by atoms with Gasteiger partial charge in [0.15, 0.2) is 0 Å². The van der Waals surface area contributed by atoms with Gasteiger partial charge in [0.2, 0.25) is 0 Å². The molecule has 1 unspecified atom stereocenters. The zero-order valence-corrected chi connectivity index (χ0v) is 12.5. The van der Waals surface area contributed by atoms with Crippen molar-refractivity contribution in [1.82, 2.24) is 0 Å². The fraction of sp³-hybridized carbons (Fsp3) is 0.938. The van der Waals surface area contributed by atoms with Crippen LogP contribution in [0.3, 0.4) is 0 Å². The molecule has 1 N–H and O–H groups in total. The van der Waals surface area contributed by atoms with Crippen molar-refractivity contribution < 1.29 is 14.3 Å². The van der Waals surface area contributed by atoms with Crippen LogP contribution < -0.4 is 0 Å². The summed E-state index contributed by atoms with van der Waals surface area (Å²) in [5.74, 6) is -0.750. The van der Waals surface area contributed by atoms with Crippen LogP contribution in [0.25, 0.3) is 0 Å². The van der Waals surface area contributed by atoms with E-state index >= 15 is 0 Å². The van der Waals surface area contributed by atoms with Crippen LogP contribution in [0, 0.1) is 0 Å². The van der Waals surface area contributed by atoms with E-state index in [1.165, 1.54) is 32.1 Å². The lowest BCUT2D eigenvalue weighted by Gasteiger charge is -2.07. The van der Waals surface area contributed by atoms with Gasteiger partial charge in [-0.2, -0.15) is 0 Å². The second kappa shape index (κ2) is 13.8. The molecule has 0 spiro atoms. The number of hydrogen-bond donors (Lipinski definition) is 1. The zero-order chi connectivity index (χ0) is 14.3. The molecule has 0 aliphatic rings. The Morgan fingerprint density at radius 2 is 1.37 bits per heavy atom. The summed E-state index contributed by atoms with van der Waals surface area (Å²) in [5.41, 5.74) is 0. The second-order valence-electron chi connectivity index (χ2n) is 5.50. The second-order valence-corrected chi connectivity index (χ2v) is 5.50. The van der Waals surface area contributed by atoms with Gasteiger partial charge in [-0.1, -0.05) is 64.7 Å². The summed E-state index contributed by atoms with van der Waals surface area (Å²) in [5, 5.41) is 8.47. The van der Waals surface area contributed by atoms with Crippen LogP contribution in [0.2, 0.25) is 0 Å². The molecule has 114 valence electrons. The minimum atomic E-state index is -0.750. The van der Waals surface area contributed by atoms with Crippen molar-refractivity contribution in [1.29, 1.82) is 0 Å². The first-order valence-electron chi connectivity index (χ1n) is 8.02. The largest absolute Gasteiger partial charge is 0.481 e. The Labute approximate surface area is 117 Å². The first-order chi connectivity index (χ1) is 9.16. The monoisotopic (exact) mass is 273 g/mol. The van der Waals surface area contributed by atoms with Crippen molar-refractivity contribution in [2.24, 2.45) is 0 Å². The summed E-state index contributed by atoms with van der Waals surface area (Å²) >= 11 is 0. The number of alkyl halides is 1. The zero-order valence-electron chi connectivity index (χ0n) is 12.5. The Morgan fingerprint density at radius 1 is 0.895 bits per heavy atom. The van der Waals surface area contributed by atoms with Crippen molar-refractivity contribution in [2.75, 3.05) is 0 Å². The molecule has 0 aliphatic carbocycles. The SMILES string of the molecule is CCCCCCCCCC([18F])CCCCCC(=O)O. The lowest BCUT2D eigenvalue weighted by Crippen LogP contribution is -2.00. The van der Waals surface area contributed by atoms with Crippen molar-refractivity contribution >= 4 is 5.97 Å². The molecule has 0 amide bonds. The maximum absolute atomic E-state index is 13.5. The predicted octanol–water partition coefficient (Wildman–Crippen LogP) is 5.50. The van der Waals surface area contributed by atoms with E-state index in [2.05, 4.69) is 6.92 Å². The predicted molar refractivity (Wildman–Crippen MR) is 78.2 cm³/mol. The van der Waals surface area contributed by atoms with E-state index in [0.29, 0.717) is 19.3 Å². The van der Waals surface area contributed by atoms with E-state index in [-0.39, 0.29) is 6.42 Å². The molecule has 19 heavy (non-hydrogen) atoms. The van der Waals surface area contributed by atoms with Crippen LogP contribution in [0.1, 0.15) is 90.4 Å². The van der Waals surface area contributed by atoms with Gasteiger partial charge in [0.05, 0.1) is 0 Å². The molecule has 0 saturated carbocycles. The molecule has 0 fully saturated rings. The molecular weight excluding hydrogens is 242 g/mol. The molecule has 0 rings (SSSR count). The molecule has 0 aromatic heterocycles. The number of rotatable bonds is 14. The molecule has 0 aromatic rings. The summed E-state index contributed by atoms with van der Waals surface area (Å²) in [7, 11) is 0. The van der Waals surface area contributed by atoms with Gasteiger partial charge in [-0.15, -0.1) is 0 Å². The Kier molecular flexibility index (Phi) is 13.4. The van der Waals surface area contributed by atoms with Gasteiger partial charge >= 0.3 is 5.97 Å². The van der Waals surface area contributed by atoms with E-state index in [4.69, 9.17) is 5.11 Å². The summed E-state index contributed by atoms with van der Waals surface area (Å²) in [6.45, 7) is 2.21. The maximum atomic E-state index is 13.5. The lowest BCUT2D eigenvalue weighted by atomic mass is 10.0. The van der Waals surface area contributed by atoms with Gasteiger partial charge in [0.25, 0.3) is 0 Å². The average molecular weight is 273 g/mol. The average Bonchev–Trinajstić information content (AvgIpc) is 2.37. The number of carbonyl (C=O) groups is 1. The Hall–Kier alpha value is -0.600. The lowest BCUT2D eigenvalue weighted by molar-refractivity contribution is -0.137. The first-order valence-corrected chi connectivity index (χ1v) is 8.02. The highest BCUT2D eigenvalue weighted by molar-refractivity contribution is 5.66. The Morgan fingerprint density at radius 3 is 1.89 bits per heavy atom. The summed E-state index contributed by atoms with van der Waals surface area (Å²) in [6, 6.07) is 0. The van der Waals surface area contributed by atoms with Crippen molar-refractivity contribution in [3.8, 4) is 0 Å². The first kappa shape index (κ1) is 18.4. The van der Waals surface area contributed by atoms with Gasteiger partial charge in [-0.05, 0) is 19.3 Å². The summed E-state index contributed by atoms with van der Waals surface area (Å²) < 4.78 is 13.5. The normalized spacial score (nSPS) is 12.5. The fourth-order valence-electron chi connectivity index (χ4n) is 2.29. The van der Waals surface area contributed by atoms with E-state index in [1.54, 1.807) is 0 Å². The Balaban J connectivity index is 3.16. The minimum absolute atomic E-state index is 0.217. The smallest absolute Gasteiger partial charge is 0.303 e. The van der Waals surface area contributed by atoms with E-state index in [0.717, 1.165) is 25.7 Å². The van der Waals surface area contributed by atoms with E-state index in [1.807, 2.05) is 0 Å². The third kappa shape index (κ3) is 15.3. The molecule has 2 nitrogen and oxygen atoms in total. The van der Waals surface area contributed by atoms with Crippen molar-refractivity contribution in [3.63, 3.8) is 0 Å². The molecule has 0 bridgehead atoms. The highest BCUT2D eigenvalue weighted by atomic mass is 18.2. The van der Waals surface area contributed by atoms with Crippen LogP contribution >= 0.6 is 0 Å².